The van der Waals surface area contributed by atoms with Crippen molar-refractivity contribution in [3.05, 3.63) is 147 Å². The molecule has 60 heavy (non-hydrogen) atoms. The van der Waals surface area contributed by atoms with Gasteiger partial charge in [-0.05, 0) is 122 Å². The van der Waals surface area contributed by atoms with Crippen LogP contribution in [0.1, 0.15) is 47.2 Å². The predicted molar refractivity (Wildman–Crippen MR) is 241 cm³/mol. The van der Waals surface area contributed by atoms with Gasteiger partial charge in [-0.1, -0.05) is 66.2 Å². The summed E-state index contributed by atoms with van der Waals surface area (Å²) in [5, 5.41) is 16.4. The van der Waals surface area contributed by atoms with Crippen LogP contribution < -0.4 is 14.9 Å². The fourth-order valence-electron chi connectivity index (χ4n) is 8.63. The van der Waals surface area contributed by atoms with Crippen LogP contribution in [-0.2, 0) is 23.0 Å². The molecule has 0 saturated carbocycles. The first-order valence-electron chi connectivity index (χ1n) is 20.6. The maximum atomic E-state index is 13.6. The Morgan fingerprint density at radius 2 is 1.65 bits per heavy atom. The van der Waals surface area contributed by atoms with Crippen molar-refractivity contribution in [2.75, 3.05) is 55.2 Å². The number of anilines is 2. The van der Waals surface area contributed by atoms with E-state index in [4.69, 9.17) is 11.6 Å². The Kier molecular flexibility index (Phi) is 13.1. The second-order valence-electron chi connectivity index (χ2n) is 15.8. The van der Waals surface area contributed by atoms with Gasteiger partial charge in [0, 0.05) is 77.8 Å². The molecule has 1 amide bonds. The first kappa shape index (κ1) is 41.8. The first-order valence-corrected chi connectivity index (χ1v) is 23.4. The number of carbonyl (C=O) groups is 1. The maximum absolute atomic E-state index is 13.6. The van der Waals surface area contributed by atoms with E-state index in [-0.39, 0.29) is 27.9 Å². The van der Waals surface area contributed by atoms with Crippen LogP contribution in [0.3, 0.4) is 0 Å². The molecule has 3 heterocycles. The molecular formula is C46H49ClN6O5S2. The Hall–Kier alpha value is -4.92. The summed E-state index contributed by atoms with van der Waals surface area (Å²) in [5.74, 6) is -0.113. The molecule has 2 saturated heterocycles. The van der Waals surface area contributed by atoms with Gasteiger partial charge >= 0.3 is 0 Å². The molecule has 0 aromatic heterocycles. The van der Waals surface area contributed by atoms with E-state index in [9.17, 15) is 23.3 Å². The third kappa shape index (κ3) is 9.98. The number of nitrogens with zero attached hydrogens (tertiary/aromatic N) is 4. The number of nitrogens with one attached hydrogen (secondary N) is 2. The second kappa shape index (κ2) is 18.8. The molecule has 14 heteroatoms. The number of thioether (sulfide) groups is 1. The van der Waals surface area contributed by atoms with Crippen molar-refractivity contribution < 1.29 is 18.1 Å². The summed E-state index contributed by atoms with van der Waals surface area (Å²) in [4.78, 5) is 33.3. The van der Waals surface area contributed by atoms with Crippen LogP contribution in [-0.4, -0.2) is 86.2 Å². The van der Waals surface area contributed by atoms with Crippen molar-refractivity contribution in [3.8, 4) is 11.1 Å². The quantitative estimate of drug-likeness (QED) is 0.0599. The van der Waals surface area contributed by atoms with E-state index in [1.165, 1.54) is 36.1 Å². The van der Waals surface area contributed by atoms with E-state index < -0.39 is 20.9 Å². The highest BCUT2D eigenvalue weighted by Crippen LogP contribution is 2.35. The van der Waals surface area contributed by atoms with Crippen molar-refractivity contribution in [3.63, 3.8) is 0 Å². The number of piperazine rings is 1. The van der Waals surface area contributed by atoms with Gasteiger partial charge in [0.15, 0.2) is 0 Å². The number of hydrogen-bond donors (Lipinski definition) is 2. The largest absolute Gasteiger partial charge is 0.376 e. The molecule has 0 bridgehead atoms. The number of halogens is 1. The lowest BCUT2D eigenvalue weighted by molar-refractivity contribution is -0.384. The van der Waals surface area contributed by atoms with Crippen molar-refractivity contribution in [1.82, 2.24) is 14.5 Å². The molecule has 8 rings (SSSR count). The molecule has 5 aromatic carbocycles. The monoisotopic (exact) mass is 864 g/mol. The lowest BCUT2D eigenvalue weighted by Crippen LogP contribution is -2.54. The zero-order chi connectivity index (χ0) is 41.6. The Labute approximate surface area is 361 Å². The third-order valence-corrected chi connectivity index (χ3v) is 14.5. The zero-order valence-corrected chi connectivity index (χ0v) is 35.7. The minimum absolute atomic E-state index is 0.108. The van der Waals surface area contributed by atoms with Crippen molar-refractivity contribution in [2.24, 2.45) is 0 Å². The zero-order valence-electron chi connectivity index (χ0n) is 33.3. The van der Waals surface area contributed by atoms with Gasteiger partial charge in [0.1, 0.15) is 5.69 Å². The number of likely N-dealkylation sites (tertiary alicyclic amines) is 1. The fraction of sp³-hybridized carbons (Fsp3) is 0.326. The summed E-state index contributed by atoms with van der Waals surface area (Å²) in [6, 6.07) is 35.8. The Morgan fingerprint density at radius 1 is 0.883 bits per heavy atom. The summed E-state index contributed by atoms with van der Waals surface area (Å²) >= 11 is 7.83. The van der Waals surface area contributed by atoms with E-state index >= 15 is 0 Å². The van der Waals surface area contributed by atoms with E-state index in [2.05, 4.69) is 61.1 Å². The number of benzene rings is 5. The predicted octanol–water partition coefficient (Wildman–Crippen LogP) is 8.73. The summed E-state index contributed by atoms with van der Waals surface area (Å²) in [6.07, 6.45) is 4.77. The van der Waals surface area contributed by atoms with Crippen LogP contribution in [0.4, 0.5) is 17.1 Å². The van der Waals surface area contributed by atoms with Gasteiger partial charge in [-0.25, -0.2) is 13.1 Å². The number of carbonyl (C=O) groups excluding carboxylic acids is 1. The van der Waals surface area contributed by atoms with Crippen LogP contribution >= 0.6 is 23.4 Å². The Balaban J connectivity index is 0.914. The maximum Gasteiger partial charge on any atom is 0.293 e. The average molecular weight is 866 g/mol. The lowest BCUT2D eigenvalue weighted by Gasteiger charge is -2.46. The third-order valence-electron chi connectivity index (χ3n) is 11.8. The lowest BCUT2D eigenvalue weighted by atomic mass is 9.92. The Morgan fingerprint density at radius 3 is 2.43 bits per heavy atom. The average Bonchev–Trinajstić information content (AvgIpc) is 3.79. The fourth-order valence-corrected chi connectivity index (χ4v) is 10.7. The van der Waals surface area contributed by atoms with E-state index in [0.29, 0.717) is 16.8 Å². The molecule has 3 aliphatic rings. The number of sulfonamides is 1. The van der Waals surface area contributed by atoms with Crippen LogP contribution in [0.15, 0.2) is 125 Å². The summed E-state index contributed by atoms with van der Waals surface area (Å²) in [5.41, 5.74) is 5.76. The minimum Gasteiger partial charge on any atom is -0.376 e. The molecule has 0 spiro atoms. The SMILES string of the molecule is O=C(NS(=O)(=O)c1ccc(N[C@H](CCN2CCCC2)CSc2ccccc2)c([N+](=O)[O-])c1)c1ccc2c(c1)CC[C@@H]1CN(Cc3ccccc3-c3ccc(Cl)cc3)CCN21. The number of fused-ring (bicyclic) bond motifs is 3. The number of aryl methyl sites for hydroxylation is 1. The first-order chi connectivity index (χ1) is 29.1. The molecule has 3 aliphatic heterocycles. The molecule has 312 valence electrons. The molecule has 0 aliphatic carbocycles. The number of rotatable bonds is 15. The highest BCUT2D eigenvalue weighted by atomic mass is 35.5. The standard InChI is InChI=1S/C46H49ClN6O5S2/c47-37-16-12-33(13-17-37)42-11-5-4-8-36(42)30-51-26-27-52-39(31-51)18-14-34-28-35(15-21-44(34)52)46(54)49-60(57,58)41-19-20-43(45(29-41)53(55)56)48-38(22-25-50-23-6-7-24-50)32-59-40-9-2-1-3-10-40/h1-5,8-13,15-17,19-21,28-29,38-39,48H,6-7,14,18,22-27,30-32H2,(H,49,54)/t38-,39-/m1/s1. The summed E-state index contributed by atoms with van der Waals surface area (Å²) < 4.78 is 29.3. The smallest absolute Gasteiger partial charge is 0.293 e. The summed E-state index contributed by atoms with van der Waals surface area (Å²) in [7, 11) is -4.44. The van der Waals surface area contributed by atoms with Crippen LogP contribution in [0.2, 0.25) is 5.02 Å². The number of amides is 1. The van der Waals surface area contributed by atoms with Crippen molar-refractivity contribution in [2.45, 2.75) is 60.5 Å². The normalized spacial score (nSPS) is 17.4. The molecule has 0 radical (unpaired) electrons. The van der Waals surface area contributed by atoms with E-state index in [1.54, 1.807) is 23.9 Å². The van der Waals surface area contributed by atoms with Gasteiger partial charge in [-0.15, -0.1) is 11.8 Å². The molecular weight excluding hydrogens is 816 g/mol. The molecule has 5 aromatic rings. The molecule has 2 atom stereocenters. The molecule has 2 fully saturated rings. The summed E-state index contributed by atoms with van der Waals surface area (Å²) in [6.45, 7) is 6.39. The number of hydrogen-bond acceptors (Lipinski definition) is 10. The van der Waals surface area contributed by atoms with Crippen LogP contribution in [0.25, 0.3) is 11.1 Å². The van der Waals surface area contributed by atoms with Gasteiger partial charge in [0.2, 0.25) is 0 Å². The van der Waals surface area contributed by atoms with Crippen LogP contribution in [0.5, 0.6) is 0 Å². The van der Waals surface area contributed by atoms with Gasteiger partial charge < -0.3 is 15.1 Å². The number of nitro groups is 1. The highest BCUT2D eigenvalue weighted by Gasteiger charge is 2.33. The van der Waals surface area contributed by atoms with Gasteiger partial charge in [-0.2, -0.15) is 0 Å². The van der Waals surface area contributed by atoms with Crippen molar-refractivity contribution in [1.29, 1.82) is 0 Å². The Bertz CT molecular complexity index is 2430. The van der Waals surface area contributed by atoms with Gasteiger partial charge in [0.25, 0.3) is 21.6 Å². The van der Waals surface area contributed by atoms with Gasteiger partial charge in [-0.3, -0.25) is 19.8 Å². The molecule has 11 nitrogen and oxygen atoms in total. The molecule has 0 unspecified atom stereocenters. The topological polar surface area (TPSA) is 128 Å². The van der Waals surface area contributed by atoms with Crippen LogP contribution in [0, 0.1) is 10.1 Å². The van der Waals surface area contributed by atoms with E-state index in [0.717, 1.165) is 92.9 Å². The number of nitro benzene ring substituents is 1. The minimum atomic E-state index is -4.44. The van der Waals surface area contributed by atoms with Crippen molar-refractivity contribution >= 4 is 56.4 Å². The van der Waals surface area contributed by atoms with E-state index in [1.807, 2.05) is 48.5 Å². The van der Waals surface area contributed by atoms with Gasteiger partial charge in [0.05, 0.1) is 9.82 Å². The highest BCUT2D eigenvalue weighted by molar-refractivity contribution is 7.99. The molecule has 2 N–H and O–H groups in total. The second-order valence-corrected chi connectivity index (χ2v) is 19.0.